The topological polar surface area (TPSA) is 84.5 Å². The molecular formula is C14H20ClN5O3S. The Bertz CT molecular complexity index is 817. The third-order valence-corrected chi connectivity index (χ3v) is 6.78. The van der Waals surface area contributed by atoms with Crippen molar-refractivity contribution in [1.29, 1.82) is 0 Å². The van der Waals surface area contributed by atoms with E-state index < -0.39 is 10.0 Å². The van der Waals surface area contributed by atoms with Gasteiger partial charge in [0.2, 0.25) is 10.0 Å². The second-order valence-electron chi connectivity index (χ2n) is 5.89. The van der Waals surface area contributed by atoms with Gasteiger partial charge in [-0.2, -0.15) is 4.31 Å². The molecule has 0 spiro atoms. The van der Waals surface area contributed by atoms with E-state index in [0.717, 1.165) is 5.82 Å². The summed E-state index contributed by atoms with van der Waals surface area (Å²) in [4.78, 5) is 6.63. The molecule has 0 aliphatic carbocycles. The molecule has 0 atom stereocenters. The molecule has 132 valence electrons. The number of aryl methyl sites for hydroxylation is 2. The van der Waals surface area contributed by atoms with E-state index in [0.29, 0.717) is 49.3 Å². The zero-order chi connectivity index (χ0) is 17.5. The molecule has 0 N–H and O–H groups in total. The third-order valence-electron chi connectivity index (χ3n) is 4.29. The van der Waals surface area contributed by atoms with Gasteiger partial charge in [0.25, 0.3) is 0 Å². The number of aromatic nitrogens is 3. The first-order valence-corrected chi connectivity index (χ1v) is 9.44. The first-order chi connectivity index (χ1) is 11.3. The van der Waals surface area contributed by atoms with Gasteiger partial charge >= 0.3 is 0 Å². The molecule has 0 aromatic carbocycles. The zero-order valence-electron chi connectivity index (χ0n) is 13.9. The van der Waals surface area contributed by atoms with Crippen LogP contribution in [-0.4, -0.2) is 58.5 Å². The largest absolute Gasteiger partial charge is 0.360 e. The smallest absolute Gasteiger partial charge is 0.248 e. The highest BCUT2D eigenvalue weighted by Gasteiger charge is 2.33. The van der Waals surface area contributed by atoms with Crippen molar-refractivity contribution >= 4 is 21.6 Å². The number of rotatable bonds is 4. The van der Waals surface area contributed by atoms with Crippen LogP contribution < -0.4 is 0 Å². The van der Waals surface area contributed by atoms with Crippen molar-refractivity contribution in [3.63, 3.8) is 0 Å². The molecule has 1 saturated heterocycles. The van der Waals surface area contributed by atoms with Crippen LogP contribution in [0.2, 0.25) is 5.15 Å². The highest BCUT2D eigenvalue weighted by Crippen LogP contribution is 2.24. The normalized spacial score (nSPS) is 17.5. The monoisotopic (exact) mass is 373 g/mol. The predicted octanol–water partition coefficient (Wildman–Crippen LogP) is 1.18. The van der Waals surface area contributed by atoms with Crippen LogP contribution in [0.4, 0.5) is 0 Å². The Morgan fingerprint density at radius 3 is 2.42 bits per heavy atom. The Balaban J connectivity index is 1.68. The summed E-state index contributed by atoms with van der Waals surface area (Å²) in [5, 5.41) is 4.33. The van der Waals surface area contributed by atoms with Crippen LogP contribution in [0.1, 0.15) is 17.3 Å². The molecule has 1 aliphatic heterocycles. The van der Waals surface area contributed by atoms with Gasteiger partial charge in [0.05, 0.1) is 12.7 Å². The van der Waals surface area contributed by atoms with Gasteiger partial charge in [0.1, 0.15) is 21.6 Å². The van der Waals surface area contributed by atoms with Gasteiger partial charge in [0.15, 0.2) is 5.76 Å². The van der Waals surface area contributed by atoms with Crippen LogP contribution >= 0.6 is 11.6 Å². The Morgan fingerprint density at radius 2 is 1.92 bits per heavy atom. The SMILES string of the molecule is Cc1noc(C)c1S(=O)(=O)N1CCN(Cc2ncc(Cl)n2C)CC1. The maximum atomic E-state index is 12.8. The predicted molar refractivity (Wildman–Crippen MR) is 88.2 cm³/mol. The van der Waals surface area contributed by atoms with Gasteiger partial charge in [0, 0.05) is 33.2 Å². The fraction of sp³-hybridized carbons (Fsp3) is 0.571. The summed E-state index contributed by atoms with van der Waals surface area (Å²) in [6, 6.07) is 0. The minimum absolute atomic E-state index is 0.187. The average Bonchev–Trinajstić information content (AvgIpc) is 3.04. The summed E-state index contributed by atoms with van der Waals surface area (Å²) in [6.07, 6.45) is 1.62. The summed E-state index contributed by atoms with van der Waals surface area (Å²) in [6.45, 7) is 6.01. The molecule has 0 radical (unpaired) electrons. The van der Waals surface area contributed by atoms with Crippen LogP contribution in [0.25, 0.3) is 0 Å². The lowest BCUT2D eigenvalue weighted by Gasteiger charge is -2.33. The Morgan fingerprint density at radius 1 is 1.25 bits per heavy atom. The van der Waals surface area contributed by atoms with E-state index in [2.05, 4.69) is 15.0 Å². The van der Waals surface area contributed by atoms with E-state index in [9.17, 15) is 8.42 Å². The molecule has 1 aliphatic rings. The fourth-order valence-corrected chi connectivity index (χ4v) is 4.73. The second-order valence-corrected chi connectivity index (χ2v) is 8.15. The van der Waals surface area contributed by atoms with Crippen LogP contribution in [0.3, 0.4) is 0 Å². The van der Waals surface area contributed by atoms with Crippen molar-refractivity contribution < 1.29 is 12.9 Å². The number of imidazole rings is 1. The number of piperazine rings is 1. The molecule has 0 saturated carbocycles. The van der Waals surface area contributed by atoms with Crippen LogP contribution in [0.5, 0.6) is 0 Å². The van der Waals surface area contributed by atoms with E-state index in [-0.39, 0.29) is 4.90 Å². The minimum Gasteiger partial charge on any atom is -0.360 e. The highest BCUT2D eigenvalue weighted by molar-refractivity contribution is 7.89. The molecule has 0 unspecified atom stereocenters. The molecule has 10 heteroatoms. The molecule has 3 rings (SSSR count). The first-order valence-electron chi connectivity index (χ1n) is 7.62. The maximum absolute atomic E-state index is 12.8. The minimum atomic E-state index is -3.57. The summed E-state index contributed by atoms with van der Waals surface area (Å²) in [5.74, 6) is 1.19. The Labute approximate surface area is 146 Å². The van der Waals surface area contributed by atoms with Crippen molar-refractivity contribution in [1.82, 2.24) is 23.9 Å². The van der Waals surface area contributed by atoms with E-state index in [1.807, 2.05) is 11.6 Å². The fourth-order valence-electron chi connectivity index (χ4n) is 2.87. The van der Waals surface area contributed by atoms with Crippen molar-refractivity contribution in [2.45, 2.75) is 25.3 Å². The second kappa shape index (κ2) is 6.47. The van der Waals surface area contributed by atoms with E-state index >= 15 is 0 Å². The van der Waals surface area contributed by atoms with Gasteiger partial charge in [-0.05, 0) is 13.8 Å². The number of sulfonamides is 1. The van der Waals surface area contributed by atoms with Gasteiger partial charge in [-0.1, -0.05) is 16.8 Å². The zero-order valence-corrected chi connectivity index (χ0v) is 15.4. The summed E-state index contributed by atoms with van der Waals surface area (Å²) >= 11 is 6.00. The van der Waals surface area contributed by atoms with Crippen molar-refractivity contribution in [3.8, 4) is 0 Å². The summed E-state index contributed by atoms with van der Waals surface area (Å²) < 4.78 is 33.9. The Hall–Kier alpha value is -1.42. The molecule has 24 heavy (non-hydrogen) atoms. The van der Waals surface area contributed by atoms with Crippen molar-refractivity contribution in [2.24, 2.45) is 7.05 Å². The number of halogens is 1. The molecule has 8 nitrogen and oxygen atoms in total. The van der Waals surface area contributed by atoms with Crippen molar-refractivity contribution in [3.05, 3.63) is 28.6 Å². The van der Waals surface area contributed by atoms with Gasteiger partial charge in [-0.25, -0.2) is 13.4 Å². The lowest BCUT2D eigenvalue weighted by Crippen LogP contribution is -2.48. The Kier molecular flexibility index (Phi) is 4.69. The molecular weight excluding hydrogens is 354 g/mol. The highest BCUT2D eigenvalue weighted by atomic mass is 35.5. The number of nitrogens with zero attached hydrogens (tertiary/aromatic N) is 5. The standard InChI is InChI=1S/C14H20ClN5O3S/c1-10-14(11(2)23-17-10)24(21,22)20-6-4-19(5-7-20)9-13-16-8-12(15)18(13)3/h8H,4-7,9H2,1-3H3. The summed E-state index contributed by atoms with van der Waals surface area (Å²) in [5.41, 5.74) is 0.401. The van der Waals surface area contributed by atoms with E-state index in [1.54, 1.807) is 20.0 Å². The quantitative estimate of drug-likeness (QED) is 0.800. The van der Waals surface area contributed by atoms with Crippen LogP contribution in [0.15, 0.2) is 15.6 Å². The molecule has 1 fully saturated rings. The molecule has 2 aromatic rings. The van der Waals surface area contributed by atoms with Gasteiger partial charge < -0.3 is 9.09 Å². The molecule has 0 bridgehead atoms. The lowest BCUT2D eigenvalue weighted by molar-refractivity contribution is 0.176. The average molecular weight is 374 g/mol. The molecule has 2 aromatic heterocycles. The number of hydrogen-bond donors (Lipinski definition) is 0. The van der Waals surface area contributed by atoms with Crippen LogP contribution in [-0.2, 0) is 23.6 Å². The first kappa shape index (κ1) is 17.4. The lowest BCUT2D eigenvalue weighted by atomic mass is 10.3. The van der Waals surface area contributed by atoms with Gasteiger partial charge in [-0.3, -0.25) is 4.90 Å². The molecule has 0 amide bonds. The summed E-state index contributed by atoms with van der Waals surface area (Å²) in [7, 11) is -1.71. The number of hydrogen-bond acceptors (Lipinski definition) is 6. The van der Waals surface area contributed by atoms with Crippen molar-refractivity contribution in [2.75, 3.05) is 26.2 Å². The van der Waals surface area contributed by atoms with Crippen LogP contribution in [0, 0.1) is 13.8 Å². The third kappa shape index (κ3) is 3.08. The van der Waals surface area contributed by atoms with Gasteiger partial charge in [-0.15, -0.1) is 0 Å². The maximum Gasteiger partial charge on any atom is 0.248 e. The van der Waals surface area contributed by atoms with E-state index in [4.69, 9.17) is 16.1 Å². The molecule has 3 heterocycles. The van der Waals surface area contributed by atoms with E-state index in [1.165, 1.54) is 4.31 Å².